The second-order valence-electron chi connectivity index (χ2n) is 4.27. The highest BCUT2D eigenvalue weighted by molar-refractivity contribution is 5.00. The van der Waals surface area contributed by atoms with Gasteiger partial charge in [0.2, 0.25) is 0 Å². The Hall–Kier alpha value is -0.800. The van der Waals surface area contributed by atoms with Crippen molar-refractivity contribution in [3.8, 4) is 0 Å². The van der Waals surface area contributed by atoms with Gasteiger partial charge >= 0.3 is 0 Å². The van der Waals surface area contributed by atoms with E-state index in [4.69, 9.17) is 4.42 Å². The molecular formula is C12H20N2O. The van der Waals surface area contributed by atoms with Gasteiger partial charge < -0.3 is 9.73 Å². The standard InChI is InChI=1S/C12H20N2O/c1-11(10-12-4-2-9-15-12)14-7-3-5-13-6-8-14/h2,4,9,11,13H,3,5-8,10H2,1H3. The van der Waals surface area contributed by atoms with Crippen LogP contribution in [0.4, 0.5) is 0 Å². The van der Waals surface area contributed by atoms with Crippen LogP contribution in [0.25, 0.3) is 0 Å². The molecule has 0 aliphatic carbocycles. The Morgan fingerprint density at radius 3 is 3.20 bits per heavy atom. The lowest BCUT2D eigenvalue weighted by Crippen LogP contribution is -2.37. The topological polar surface area (TPSA) is 28.4 Å². The SMILES string of the molecule is CC(Cc1ccco1)N1CCCNCC1. The third kappa shape index (κ3) is 3.08. The molecule has 2 heterocycles. The first-order valence-corrected chi connectivity index (χ1v) is 5.83. The quantitative estimate of drug-likeness (QED) is 0.816. The maximum Gasteiger partial charge on any atom is 0.105 e. The number of nitrogens with zero attached hydrogens (tertiary/aromatic N) is 1. The smallest absolute Gasteiger partial charge is 0.105 e. The molecule has 0 saturated carbocycles. The van der Waals surface area contributed by atoms with Crippen LogP contribution in [-0.4, -0.2) is 37.1 Å². The molecule has 1 saturated heterocycles. The molecule has 0 radical (unpaired) electrons. The van der Waals surface area contributed by atoms with Crippen LogP contribution in [0.5, 0.6) is 0 Å². The monoisotopic (exact) mass is 208 g/mol. The van der Waals surface area contributed by atoms with Crippen molar-refractivity contribution in [2.45, 2.75) is 25.8 Å². The van der Waals surface area contributed by atoms with Crippen molar-refractivity contribution >= 4 is 0 Å². The van der Waals surface area contributed by atoms with Gasteiger partial charge in [0.1, 0.15) is 5.76 Å². The predicted octanol–water partition coefficient (Wildman–Crippen LogP) is 1.51. The van der Waals surface area contributed by atoms with Crippen LogP contribution in [0, 0.1) is 0 Å². The molecule has 0 aromatic carbocycles. The van der Waals surface area contributed by atoms with Crippen molar-refractivity contribution < 1.29 is 4.42 Å². The van der Waals surface area contributed by atoms with E-state index in [1.54, 1.807) is 6.26 Å². The van der Waals surface area contributed by atoms with E-state index in [0.29, 0.717) is 6.04 Å². The van der Waals surface area contributed by atoms with E-state index in [1.807, 2.05) is 6.07 Å². The van der Waals surface area contributed by atoms with Gasteiger partial charge in [-0.1, -0.05) is 0 Å². The van der Waals surface area contributed by atoms with E-state index in [9.17, 15) is 0 Å². The third-order valence-electron chi connectivity index (χ3n) is 3.07. The van der Waals surface area contributed by atoms with Gasteiger partial charge in [-0.25, -0.2) is 0 Å². The van der Waals surface area contributed by atoms with E-state index in [-0.39, 0.29) is 0 Å². The Morgan fingerprint density at radius 1 is 1.47 bits per heavy atom. The summed E-state index contributed by atoms with van der Waals surface area (Å²) in [5.41, 5.74) is 0. The minimum absolute atomic E-state index is 0.580. The summed E-state index contributed by atoms with van der Waals surface area (Å²) in [4.78, 5) is 2.54. The van der Waals surface area contributed by atoms with Crippen molar-refractivity contribution in [1.29, 1.82) is 0 Å². The fraction of sp³-hybridized carbons (Fsp3) is 0.667. The minimum atomic E-state index is 0.580. The van der Waals surface area contributed by atoms with Crippen molar-refractivity contribution in [2.75, 3.05) is 26.2 Å². The molecule has 3 heteroatoms. The molecule has 84 valence electrons. The maximum absolute atomic E-state index is 5.38. The molecule has 2 rings (SSSR count). The Labute approximate surface area is 91.4 Å². The van der Waals surface area contributed by atoms with Gasteiger partial charge in [-0.3, -0.25) is 4.90 Å². The highest BCUT2D eigenvalue weighted by atomic mass is 16.3. The number of furan rings is 1. The molecule has 1 atom stereocenters. The zero-order chi connectivity index (χ0) is 10.5. The number of hydrogen-bond acceptors (Lipinski definition) is 3. The van der Waals surface area contributed by atoms with Gasteiger partial charge in [0, 0.05) is 25.6 Å². The van der Waals surface area contributed by atoms with Crippen molar-refractivity contribution in [3.05, 3.63) is 24.2 Å². The first-order valence-electron chi connectivity index (χ1n) is 5.83. The minimum Gasteiger partial charge on any atom is -0.469 e. The van der Waals surface area contributed by atoms with Crippen molar-refractivity contribution in [1.82, 2.24) is 10.2 Å². The fourth-order valence-corrected chi connectivity index (χ4v) is 2.16. The summed E-state index contributed by atoms with van der Waals surface area (Å²) in [5.74, 6) is 1.10. The summed E-state index contributed by atoms with van der Waals surface area (Å²) < 4.78 is 5.38. The van der Waals surface area contributed by atoms with Crippen LogP contribution in [-0.2, 0) is 6.42 Å². The second kappa shape index (κ2) is 5.33. The third-order valence-corrected chi connectivity index (χ3v) is 3.07. The van der Waals surface area contributed by atoms with Gasteiger partial charge in [0.15, 0.2) is 0 Å². The van der Waals surface area contributed by atoms with Gasteiger partial charge in [-0.15, -0.1) is 0 Å². The summed E-state index contributed by atoms with van der Waals surface area (Å²) in [6, 6.07) is 4.61. The van der Waals surface area contributed by atoms with Crippen LogP contribution < -0.4 is 5.32 Å². The zero-order valence-corrected chi connectivity index (χ0v) is 9.41. The van der Waals surface area contributed by atoms with E-state index in [0.717, 1.165) is 31.8 Å². The number of nitrogens with one attached hydrogen (secondary N) is 1. The van der Waals surface area contributed by atoms with Crippen LogP contribution in [0.15, 0.2) is 22.8 Å². The normalized spacial score (nSPS) is 21.1. The van der Waals surface area contributed by atoms with Crippen LogP contribution in [0.3, 0.4) is 0 Å². The van der Waals surface area contributed by atoms with Gasteiger partial charge in [0.25, 0.3) is 0 Å². The molecular weight excluding hydrogens is 188 g/mol. The fourth-order valence-electron chi connectivity index (χ4n) is 2.16. The van der Waals surface area contributed by atoms with Crippen molar-refractivity contribution in [2.24, 2.45) is 0 Å². The Bertz CT molecular complexity index is 263. The molecule has 1 fully saturated rings. The highest BCUT2D eigenvalue weighted by Crippen LogP contribution is 2.10. The molecule has 0 amide bonds. The lowest BCUT2D eigenvalue weighted by Gasteiger charge is -2.26. The second-order valence-corrected chi connectivity index (χ2v) is 4.27. The summed E-state index contributed by atoms with van der Waals surface area (Å²) in [7, 11) is 0. The number of hydrogen-bond donors (Lipinski definition) is 1. The average Bonchev–Trinajstić information content (AvgIpc) is 2.58. The molecule has 1 aromatic heterocycles. The molecule has 3 nitrogen and oxygen atoms in total. The van der Waals surface area contributed by atoms with E-state index in [2.05, 4.69) is 23.2 Å². The summed E-state index contributed by atoms with van der Waals surface area (Å²) in [6.45, 7) is 6.91. The van der Waals surface area contributed by atoms with Crippen LogP contribution in [0.1, 0.15) is 19.1 Å². The van der Waals surface area contributed by atoms with Gasteiger partial charge in [-0.05, 0) is 38.6 Å². The molecule has 15 heavy (non-hydrogen) atoms. The molecule has 0 spiro atoms. The summed E-state index contributed by atoms with van der Waals surface area (Å²) in [5, 5.41) is 3.43. The summed E-state index contributed by atoms with van der Waals surface area (Å²) in [6.07, 6.45) is 4.03. The molecule has 1 unspecified atom stereocenters. The zero-order valence-electron chi connectivity index (χ0n) is 9.41. The maximum atomic E-state index is 5.38. The molecule has 1 aliphatic rings. The number of rotatable bonds is 3. The molecule has 1 aromatic rings. The Balaban J connectivity index is 1.86. The largest absolute Gasteiger partial charge is 0.469 e. The Morgan fingerprint density at radius 2 is 2.40 bits per heavy atom. The molecule has 1 N–H and O–H groups in total. The lowest BCUT2D eigenvalue weighted by molar-refractivity contribution is 0.214. The van der Waals surface area contributed by atoms with Crippen LogP contribution >= 0.6 is 0 Å². The van der Waals surface area contributed by atoms with E-state index in [1.165, 1.54) is 13.0 Å². The highest BCUT2D eigenvalue weighted by Gasteiger charge is 2.16. The first-order chi connectivity index (χ1) is 7.36. The van der Waals surface area contributed by atoms with Gasteiger partial charge in [0.05, 0.1) is 6.26 Å². The van der Waals surface area contributed by atoms with Crippen LogP contribution in [0.2, 0.25) is 0 Å². The predicted molar refractivity (Wildman–Crippen MR) is 60.9 cm³/mol. The lowest BCUT2D eigenvalue weighted by atomic mass is 10.1. The van der Waals surface area contributed by atoms with E-state index >= 15 is 0 Å². The Kier molecular flexibility index (Phi) is 3.80. The average molecular weight is 208 g/mol. The molecule has 1 aliphatic heterocycles. The van der Waals surface area contributed by atoms with Crippen molar-refractivity contribution in [3.63, 3.8) is 0 Å². The first kappa shape index (κ1) is 10.7. The molecule has 0 bridgehead atoms. The van der Waals surface area contributed by atoms with E-state index < -0.39 is 0 Å². The van der Waals surface area contributed by atoms with Gasteiger partial charge in [-0.2, -0.15) is 0 Å². The summed E-state index contributed by atoms with van der Waals surface area (Å²) >= 11 is 0.